The normalized spacial score (nSPS) is 11.1. The van der Waals surface area contributed by atoms with E-state index in [0.29, 0.717) is 33.8 Å². The maximum Gasteiger partial charge on any atom is 0.279 e. The van der Waals surface area contributed by atoms with Gasteiger partial charge in [0.1, 0.15) is 0 Å². The minimum atomic E-state index is -0.310. The van der Waals surface area contributed by atoms with Crippen molar-refractivity contribution in [2.24, 2.45) is 0 Å². The smallest absolute Gasteiger partial charge is 0.279 e. The molecule has 43 heavy (non-hydrogen) atoms. The molecule has 6 aromatic rings. The quantitative estimate of drug-likeness (QED) is 0.253. The largest absolute Gasteiger partial charge is 0.285 e. The first kappa shape index (κ1) is 27.2. The summed E-state index contributed by atoms with van der Waals surface area (Å²) in [6, 6.07) is 26.4. The van der Waals surface area contributed by atoms with Gasteiger partial charge in [-0.2, -0.15) is 14.0 Å². The van der Waals surface area contributed by atoms with Crippen molar-refractivity contribution < 1.29 is 14.4 Å². The minimum absolute atomic E-state index is 0.251. The van der Waals surface area contributed by atoms with Crippen LogP contribution in [0, 0.1) is 0 Å². The van der Waals surface area contributed by atoms with Crippen LogP contribution in [0.25, 0.3) is 0 Å². The van der Waals surface area contributed by atoms with Crippen LogP contribution in [0.3, 0.4) is 0 Å². The molecule has 212 valence electrons. The van der Waals surface area contributed by atoms with Crippen LogP contribution in [0.2, 0.25) is 0 Å². The van der Waals surface area contributed by atoms with E-state index in [-0.39, 0.29) is 37.4 Å². The SMILES string of the molecule is O=C(c1ccccc1)n1cc(CN(Cc2cn(C(=O)c3ccccc3)nn2)Cc2cn(C(=O)c3ccccc3)nn2)nn1. The van der Waals surface area contributed by atoms with Crippen LogP contribution in [0.4, 0.5) is 0 Å². The van der Waals surface area contributed by atoms with Gasteiger partial charge in [0.25, 0.3) is 17.7 Å². The number of hydrogen-bond donors (Lipinski definition) is 0. The van der Waals surface area contributed by atoms with Crippen molar-refractivity contribution in [3.63, 3.8) is 0 Å². The molecule has 3 aromatic heterocycles. The van der Waals surface area contributed by atoms with Crippen LogP contribution in [0.5, 0.6) is 0 Å². The Labute approximate surface area is 245 Å². The van der Waals surface area contributed by atoms with E-state index in [9.17, 15) is 14.4 Å². The van der Waals surface area contributed by atoms with E-state index in [0.717, 1.165) is 0 Å². The molecule has 0 amide bonds. The Bertz CT molecular complexity index is 1650. The molecule has 3 aromatic carbocycles. The monoisotopic (exact) mass is 572 g/mol. The number of carbonyl (C=O) groups is 3. The van der Waals surface area contributed by atoms with E-state index >= 15 is 0 Å². The maximum atomic E-state index is 12.8. The third kappa shape index (κ3) is 6.36. The first-order valence-corrected chi connectivity index (χ1v) is 13.3. The van der Waals surface area contributed by atoms with Crippen LogP contribution in [-0.4, -0.2) is 67.6 Å². The summed E-state index contributed by atoms with van der Waals surface area (Å²) in [6.07, 6.45) is 4.69. The first-order chi connectivity index (χ1) is 21.0. The number of benzene rings is 3. The molecule has 0 aliphatic rings. The molecule has 0 aliphatic carbocycles. The maximum absolute atomic E-state index is 12.8. The highest BCUT2D eigenvalue weighted by molar-refractivity contribution is 5.96. The van der Waals surface area contributed by atoms with Crippen molar-refractivity contribution in [2.45, 2.75) is 19.6 Å². The Hall–Kier alpha value is -5.95. The summed E-state index contributed by atoms with van der Waals surface area (Å²) in [5.74, 6) is -0.929. The van der Waals surface area contributed by atoms with Crippen molar-refractivity contribution in [3.8, 4) is 0 Å². The van der Waals surface area contributed by atoms with Crippen molar-refractivity contribution in [3.05, 3.63) is 143 Å². The van der Waals surface area contributed by atoms with Gasteiger partial charge in [-0.3, -0.25) is 19.3 Å². The van der Waals surface area contributed by atoms with E-state index in [1.54, 1.807) is 91.4 Å². The molecule has 0 aliphatic heterocycles. The molecule has 0 N–H and O–H groups in total. The molecule has 3 heterocycles. The zero-order valence-corrected chi connectivity index (χ0v) is 22.7. The van der Waals surface area contributed by atoms with Gasteiger partial charge in [0.15, 0.2) is 0 Å². The van der Waals surface area contributed by atoms with Gasteiger partial charge in [0.2, 0.25) is 0 Å². The third-order valence-corrected chi connectivity index (χ3v) is 6.47. The summed E-state index contributed by atoms with van der Waals surface area (Å²) in [5.41, 5.74) is 3.00. The van der Waals surface area contributed by atoms with Gasteiger partial charge in [-0.25, -0.2) is 0 Å². The molecule has 0 spiro atoms. The van der Waals surface area contributed by atoms with Crippen LogP contribution >= 0.6 is 0 Å². The number of aromatic nitrogens is 9. The molecule has 0 saturated heterocycles. The second kappa shape index (κ2) is 12.3. The standard InChI is InChI=1S/C30H24N10O3/c41-28(22-10-4-1-5-11-22)38-19-25(31-34-38)16-37(17-26-20-39(35-32-26)29(42)23-12-6-2-7-13-23)18-27-21-40(36-33-27)30(43)24-14-8-3-9-15-24/h1-15,19-21H,16-18H2. The molecular formula is C30H24N10O3. The lowest BCUT2D eigenvalue weighted by Gasteiger charge is -2.18. The first-order valence-electron chi connectivity index (χ1n) is 13.3. The second-order valence-corrected chi connectivity index (χ2v) is 9.62. The topological polar surface area (TPSA) is 147 Å². The van der Waals surface area contributed by atoms with Gasteiger partial charge < -0.3 is 0 Å². The number of hydrogen-bond acceptors (Lipinski definition) is 10. The van der Waals surface area contributed by atoms with Gasteiger partial charge >= 0.3 is 0 Å². The summed E-state index contributed by atoms with van der Waals surface area (Å²) in [7, 11) is 0. The fraction of sp³-hybridized carbons (Fsp3) is 0.100. The molecule has 0 atom stereocenters. The van der Waals surface area contributed by atoms with Gasteiger partial charge in [-0.1, -0.05) is 70.2 Å². The molecule has 0 fully saturated rings. The van der Waals surface area contributed by atoms with Crippen molar-refractivity contribution in [1.82, 2.24) is 49.9 Å². The molecule has 0 radical (unpaired) electrons. The zero-order valence-electron chi connectivity index (χ0n) is 22.7. The minimum Gasteiger partial charge on any atom is -0.285 e. The molecule has 6 rings (SSSR count). The summed E-state index contributed by atoms with van der Waals surface area (Å²) in [6.45, 7) is 0.753. The lowest BCUT2D eigenvalue weighted by Crippen LogP contribution is -2.23. The molecule has 13 nitrogen and oxygen atoms in total. The fourth-order valence-electron chi connectivity index (χ4n) is 4.40. The highest BCUT2D eigenvalue weighted by Gasteiger charge is 2.19. The van der Waals surface area contributed by atoms with E-state index in [4.69, 9.17) is 0 Å². The van der Waals surface area contributed by atoms with Crippen LogP contribution in [-0.2, 0) is 19.6 Å². The molecule has 0 saturated carbocycles. The second-order valence-electron chi connectivity index (χ2n) is 9.62. The van der Waals surface area contributed by atoms with Crippen LogP contribution in [0.15, 0.2) is 110 Å². The molecular weight excluding hydrogens is 548 g/mol. The van der Waals surface area contributed by atoms with E-state index < -0.39 is 0 Å². The van der Waals surface area contributed by atoms with Gasteiger partial charge in [0.05, 0.1) is 35.7 Å². The predicted molar refractivity (Wildman–Crippen MR) is 152 cm³/mol. The van der Waals surface area contributed by atoms with Gasteiger partial charge in [0, 0.05) is 36.3 Å². The Morgan fingerprint density at radius 3 is 1.02 bits per heavy atom. The Morgan fingerprint density at radius 1 is 0.465 bits per heavy atom. The lowest BCUT2D eigenvalue weighted by molar-refractivity contribution is 0.0935. The van der Waals surface area contributed by atoms with Gasteiger partial charge in [-0.05, 0) is 36.4 Å². The summed E-state index contributed by atoms with van der Waals surface area (Å²) in [5, 5.41) is 24.6. The highest BCUT2D eigenvalue weighted by Crippen LogP contribution is 2.13. The fourth-order valence-corrected chi connectivity index (χ4v) is 4.40. The number of carbonyl (C=O) groups excluding carboxylic acids is 3. The zero-order chi connectivity index (χ0) is 29.6. The average Bonchev–Trinajstić information content (AvgIpc) is 3.83. The third-order valence-electron chi connectivity index (χ3n) is 6.47. The van der Waals surface area contributed by atoms with Gasteiger partial charge in [-0.15, -0.1) is 15.3 Å². The van der Waals surface area contributed by atoms with E-state index in [2.05, 4.69) is 30.9 Å². The Kier molecular flexibility index (Phi) is 7.78. The summed E-state index contributed by atoms with van der Waals surface area (Å²) in [4.78, 5) is 40.4. The van der Waals surface area contributed by atoms with E-state index in [1.165, 1.54) is 14.0 Å². The van der Waals surface area contributed by atoms with Crippen molar-refractivity contribution in [2.75, 3.05) is 0 Å². The number of nitrogens with zero attached hydrogens (tertiary/aromatic N) is 10. The molecule has 0 bridgehead atoms. The van der Waals surface area contributed by atoms with Crippen LogP contribution in [0.1, 0.15) is 48.2 Å². The predicted octanol–water partition coefficient (Wildman–Crippen LogP) is 2.73. The molecule has 13 heteroatoms. The Morgan fingerprint density at radius 2 is 0.744 bits per heavy atom. The van der Waals surface area contributed by atoms with Crippen LogP contribution < -0.4 is 0 Å². The van der Waals surface area contributed by atoms with Crippen molar-refractivity contribution in [1.29, 1.82) is 0 Å². The summed E-state index contributed by atoms with van der Waals surface area (Å²) < 4.78 is 3.56. The average molecular weight is 573 g/mol. The highest BCUT2D eigenvalue weighted by atomic mass is 16.2. The Balaban J connectivity index is 1.22. The van der Waals surface area contributed by atoms with E-state index in [1.807, 2.05) is 23.1 Å². The molecule has 0 unspecified atom stereocenters. The summed E-state index contributed by atoms with van der Waals surface area (Å²) >= 11 is 0. The number of rotatable bonds is 9. The van der Waals surface area contributed by atoms with Crippen molar-refractivity contribution >= 4 is 17.7 Å². The lowest BCUT2D eigenvalue weighted by atomic mass is 10.2.